The first-order valence-electron chi connectivity index (χ1n) is 4.82. The first kappa shape index (κ1) is 10.9. The molecule has 13 heavy (non-hydrogen) atoms. The summed E-state index contributed by atoms with van der Waals surface area (Å²) in [6, 6.07) is 0. The summed E-state index contributed by atoms with van der Waals surface area (Å²) in [5.74, 6) is 0. The van der Waals surface area contributed by atoms with Crippen molar-refractivity contribution in [3.8, 4) is 0 Å². The predicted octanol–water partition coefficient (Wildman–Crippen LogP) is 0.375. The van der Waals surface area contributed by atoms with Crippen molar-refractivity contribution in [2.24, 2.45) is 0 Å². The van der Waals surface area contributed by atoms with Gasteiger partial charge in [0.25, 0.3) is 0 Å². The van der Waals surface area contributed by atoms with E-state index in [1.165, 1.54) is 0 Å². The molecule has 1 aliphatic rings. The van der Waals surface area contributed by atoms with Crippen LogP contribution in [0.3, 0.4) is 0 Å². The number of hydrogen-bond donors (Lipinski definition) is 1. The van der Waals surface area contributed by atoms with E-state index < -0.39 is 0 Å². The van der Waals surface area contributed by atoms with Crippen LogP contribution >= 0.6 is 0 Å². The molecule has 0 bridgehead atoms. The Morgan fingerprint density at radius 3 is 3.15 bits per heavy atom. The highest BCUT2D eigenvalue weighted by atomic mass is 16.7. The summed E-state index contributed by atoms with van der Waals surface area (Å²) in [6.45, 7) is 4.01. The normalized spacial score (nSPS) is 23.3. The maximum absolute atomic E-state index is 5.37. The molecule has 1 aliphatic heterocycles. The second kappa shape index (κ2) is 7.26. The summed E-state index contributed by atoms with van der Waals surface area (Å²) >= 11 is 0. The van der Waals surface area contributed by atoms with Gasteiger partial charge in [0.2, 0.25) is 0 Å². The predicted molar refractivity (Wildman–Crippen MR) is 49.7 cm³/mol. The van der Waals surface area contributed by atoms with Crippen molar-refractivity contribution in [2.75, 3.05) is 40.2 Å². The molecule has 0 aromatic heterocycles. The molecule has 0 amide bonds. The van der Waals surface area contributed by atoms with E-state index in [0.717, 1.165) is 39.1 Å². The highest BCUT2D eigenvalue weighted by Gasteiger charge is 2.12. The van der Waals surface area contributed by atoms with E-state index in [-0.39, 0.29) is 0 Å². The van der Waals surface area contributed by atoms with Crippen LogP contribution in [0, 0.1) is 0 Å². The van der Waals surface area contributed by atoms with Crippen molar-refractivity contribution in [1.82, 2.24) is 5.32 Å². The fraction of sp³-hybridized carbons (Fsp3) is 1.00. The topological polar surface area (TPSA) is 39.7 Å². The fourth-order valence-corrected chi connectivity index (χ4v) is 1.27. The van der Waals surface area contributed by atoms with Crippen molar-refractivity contribution in [2.45, 2.75) is 18.9 Å². The molecule has 0 aliphatic carbocycles. The van der Waals surface area contributed by atoms with Crippen molar-refractivity contribution in [3.05, 3.63) is 0 Å². The highest BCUT2D eigenvalue weighted by Crippen LogP contribution is 2.04. The molecule has 4 nitrogen and oxygen atoms in total. The zero-order valence-electron chi connectivity index (χ0n) is 8.25. The van der Waals surface area contributed by atoms with Gasteiger partial charge in [-0.15, -0.1) is 0 Å². The Labute approximate surface area is 79.5 Å². The third kappa shape index (κ3) is 5.21. The lowest BCUT2D eigenvalue weighted by atomic mass is 10.2. The molecule has 1 atom stereocenters. The van der Waals surface area contributed by atoms with Crippen molar-refractivity contribution in [1.29, 1.82) is 0 Å². The number of methoxy groups -OCH3 is 1. The zero-order valence-corrected chi connectivity index (χ0v) is 8.25. The van der Waals surface area contributed by atoms with Crippen molar-refractivity contribution < 1.29 is 14.2 Å². The Kier molecular flexibility index (Phi) is 6.10. The summed E-state index contributed by atoms with van der Waals surface area (Å²) < 4.78 is 15.4. The van der Waals surface area contributed by atoms with Gasteiger partial charge in [-0.3, -0.25) is 0 Å². The van der Waals surface area contributed by atoms with Crippen molar-refractivity contribution >= 4 is 0 Å². The first-order valence-corrected chi connectivity index (χ1v) is 4.82. The SMILES string of the molecule is COCCCNCC1CCOCO1. The third-order valence-corrected chi connectivity index (χ3v) is 2.05. The Morgan fingerprint density at radius 2 is 2.46 bits per heavy atom. The zero-order chi connectivity index (χ0) is 9.36. The Hall–Kier alpha value is -0.160. The summed E-state index contributed by atoms with van der Waals surface area (Å²) in [6.07, 6.45) is 2.38. The molecular formula is C9H19NO3. The van der Waals surface area contributed by atoms with Gasteiger partial charge in [-0.05, 0) is 19.4 Å². The van der Waals surface area contributed by atoms with Gasteiger partial charge in [0.1, 0.15) is 6.79 Å². The molecule has 1 rings (SSSR count). The quantitative estimate of drug-likeness (QED) is 0.613. The average Bonchev–Trinajstić information content (AvgIpc) is 2.19. The minimum Gasteiger partial charge on any atom is -0.385 e. The molecule has 1 heterocycles. The maximum atomic E-state index is 5.37. The highest BCUT2D eigenvalue weighted by molar-refractivity contribution is 4.63. The number of nitrogens with one attached hydrogen (secondary N) is 1. The van der Waals surface area contributed by atoms with E-state index >= 15 is 0 Å². The summed E-state index contributed by atoms with van der Waals surface area (Å²) in [4.78, 5) is 0. The molecule has 1 N–H and O–H groups in total. The lowest BCUT2D eigenvalue weighted by molar-refractivity contribution is -0.137. The van der Waals surface area contributed by atoms with Crippen LogP contribution in [0.1, 0.15) is 12.8 Å². The van der Waals surface area contributed by atoms with Crippen LogP contribution in [0.5, 0.6) is 0 Å². The molecule has 0 aromatic carbocycles. The van der Waals surface area contributed by atoms with Gasteiger partial charge in [0, 0.05) is 20.3 Å². The van der Waals surface area contributed by atoms with Crippen LogP contribution in [0.25, 0.3) is 0 Å². The van der Waals surface area contributed by atoms with Gasteiger partial charge >= 0.3 is 0 Å². The van der Waals surface area contributed by atoms with Crippen LogP contribution < -0.4 is 5.32 Å². The van der Waals surface area contributed by atoms with E-state index in [1.54, 1.807) is 7.11 Å². The monoisotopic (exact) mass is 189 g/mol. The lowest BCUT2D eigenvalue weighted by Crippen LogP contribution is -2.34. The van der Waals surface area contributed by atoms with Crippen LogP contribution in [0.4, 0.5) is 0 Å². The van der Waals surface area contributed by atoms with Crippen LogP contribution in [-0.2, 0) is 14.2 Å². The van der Waals surface area contributed by atoms with Gasteiger partial charge in [0.05, 0.1) is 12.7 Å². The largest absolute Gasteiger partial charge is 0.385 e. The molecule has 0 spiro atoms. The molecule has 0 saturated carbocycles. The van der Waals surface area contributed by atoms with Gasteiger partial charge in [-0.2, -0.15) is 0 Å². The molecule has 1 fully saturated rings. The molecular weight excluding hydrogens is 170 g/mol. The van der Waals surface area contributed by atoms with Gasteiger partial charge in [-0.1, -0.05) is 0 Å². The van der Waals surface area contributed by atoms with Gasteiger partial charge in [-0.25, -0.2) is 0 Å². The molecule has 4 heteroatoms. The number of hydrogen-bond acceptors (Lipinski definition) is 4. The second-order valence-corrected chi connectivity index (χ2v) is 3.15. The fourth-order valence-electron chi connectivity index (χ4n) is 1.27. The first-order chi connectivity index (χ1) is 6.43. The summed E-state index contributed by atoms with van der Waals surface area (Å²) in [5, 5.41) is 3.33. The molecule has 78 valence electrons. The standard InChI is InChI=1S/C9H19NO3/c1-11-5-2-4-10-7-9-3-6-12-8-13-9/h9-10H,2-8H2,1H3. The average molecular weight is 189 g/mol. The van der Waals surface area contributed by atoms with Crippen LogP contribution in [-0.4, -0.2) is 46.3 Å². The summed E-state index contributed by atoms with van der Waals surface area (Å²) in [5.41, 5.74) is 0. The smallest absolute Gasteiger partial charge is 0.147 e. The van der Waals surface area contributed by atoms with Crippen LogP contribution in [0.15, 0.2) is 0 Å². The molecule has 1 saturated heterocycles. The van der Waals surface area contributed by atoms with E-state index in [4.69, 9.17) is 14.2 Å². The Bertz CT molecular complexity index is 115. The number of rotatable bonds is 6. The lowest BCUT2D eigenvalue weighted by Gasteiger charge is -2.22. The van der Waals surface area contributed by atoms with E-state index in [0.29, 0.717) is 12.9 Å². The molecule has 0 radical (unpaired) electrons. The van der Waals surface area contributed by atoms with E-state index in [1.807, 2.05) is 0 Å². The maximum Gasteiger partial charge on any atom is 0.147 e. The minimum atomic E-state index is 0.330. The van der Waals surface area contributed by atoms with E-state index in [9.17, 15) is 0 Å². The van der Waals surface area contributed by atoms with Gasteiger partial charge in [0.15, 0.2) is 0 Å². The van der Waals surface area contributed by atoms with Crippen LogP contribution in [0.2, 0.25) is 0 Å². The van der Waals surface area contributed by atoms with Crippen molar-refractivity contribution in [3.63, 3.8) is 0 Å². The summed E-state index contributed by atoms with van der Waals surface area (Å²) in [7, 11) is 1.72. The van der Waals surface area contributed by atoms with Gasteiger partial charge < -0.3 is 19.5 Å². The Balaban J connectivity index is 1.86. The third-order valence-electron chi connectivity index (χ3n) is 2.05. The number of ether oxygens (including phenoxy) is 3. The Morgan fingerprint density at radius 1 is 1.54 bits per heavy atom. The van der Waals surface area contributed by atoms with E-state index in [2.05, 4.69) is 5.32 Å². The molecule has 0 aromatic rings. The second-order valence-electron chi connectivity index (χ2n) is 3.15. The molecule has 1 unspecified atom stereocenters. The minimum absolute atomic E-state index is 0.330.